The van der Waals surface area contributed by atoms with E-state index >= 15 is 0 Å². The summed E-state index contributed by atoms with van der Waals surface area (Å²) < 4.78 is 53.3. The summed E-state index contributed by atoms with van der Waals surface area (Å²) in [5, 5.41) is 0. The monoisotopic (exact) mass is 576 g/mol. The fraction of sp³-hybridized carbons (Fsp3) is 0.194. The van der Waals surface area contributed by atoms with Crippen molar-refractivity contribution in [3.63, 3.8) is 0 Å². The van der Waals surface area contributed by atoms with Gasteiger partial charge in [0.05, 0.1) is 21.2 Å². The molecular formula is C31H32N2O5S2. The molecule has 7 nitrogen and oxygen atoms in total. The summed E-state index contributed by atoms with van der Waals surface area (Å²) in [6.45, 7) is 2.44. The van der Waals surface area contributed by atoms with Gasteiger partial charge < -0.3 is 0 Å². The number of hydrogen-bond acceptors (Lipinski definition) is 5. The zero-order valence-electron chi connectivity index (χ0n) is 21.4. The van der Waals surface area contributed by atoms with Crippen LogP contribution < -0.4 is 8.61 Å². The van der Waals surface area contributed by atoms with Gasteiger partial charge in [0, 0.05) is 18.7 Å². The Kier molecular flexibility index (Phi) is 8.46. The Labute approximate surface area is 236 Å². The van der Waals surface area contributed by atoms with Crippen molar-refractivity contribution >= 4 is 37.2 Å². The summed E-state index contributed by atoms with van der Waals surface area (Å²) in [4.78, 5) is 12.0. The lowest BCUT2D eigenvalue weighted by Gasteiger charge is -2.19. The lowest BCUT2D eigenvalue weighted by Crippen LogP contribution is -2.29. The van der Waals surface area contributed by atoms with Crippen molar-refractivity contribution in [3.8, 4) is 0 Å². The van der Waals surface area contributed by atoms with E-state index in [2.05, 4.69) is 0 Å². The van der Waals surface area contributed by atoms with Crippen LogP contribution in [0.3, 0.4) is 0 Å². The van der Waals surface area contributed by atoms with Gasteiger partial charge in [-0.15, -0.1) is 0 Å². The van der Waals surface area contributed by atoms with Crippen LogP contribution >= 0.6 is 0 Å². The maximum absolute atomic E-state index is 12.7. The third-order valence-electron chi connectivity index (χ3n) is 6.85. The molecule has 40 heavy (non-hydrogen) atoms. The molecule has 0 unspecified atom stereocenters. The number of rotatable bonds is 5. The Hall–Kier alpha value is -3.95. The molecule has 2 heterocycles. The van der Waals surface area contributed by atoms with E-state index in [9.17, 15) is 21.6 Å². The molecule has 2 aliphatic rings. The highest BCUT2D eigenvalue weighted by Crippen LogP contribution is 2.34. The van der Waals surface area contributed by atoms with E-state index in [1.807, 2.05) is 30.3 Å². The van der Waals surface area contributed by atoms with Crippen LogP contribution in [0.5, 0.6) is 0 Å². The van der Waals surface area contributed by atoms with E-state index in [-0.39, 0.29) is 18.1 Å². The van der Waals surface area contributed by atoms with Gasteiger partial charge in [0.15, 0.2) is 5.78 Å². The molecule has 6 rings (SSSR count). The number of ketones is 1. The largest absolute Gasteiger partial charge is 0.295 e. The summed E-state index contributed by atoms with van der Waals surface area (Å²) in [7, 11) is -6.96. The molecule has 0 saturated carbocycles. The average Bonchev–Trinajstić information content (AvgIpc) is 3.59. The topological polar surface area (TPSA) is 91.8 Å². The number of nitrogens with zero attached hydrogens (tertiary/aromatic N) is 2. The van der Waals surface area contributed by atoms with Gasteiger partial charge in [-0.3, -0.25) is 13.4 Å². The van der Waals surface area contributed by atoms with Crippen LogP contribution in [0.25, 0.3) is 0 Å². The van der Waals surface area contributed by atoms with Crippen molar-refractivity contribution in [1.29, 1.82) is 0 Å². The molecule has 208 valence electrons. The zero-order valence-corrected chi connectivity index (χ0v) is 23.0. The van der Waals surface area contributed by atoms with Gasteiger partial charge >= 0.3 is 0 Å². The summed E-state index contributed by atoms with van der Waals surface area (Å²) in [5.41, 5.74) is 4.09. The van der Waals surface area contributed by atoms with Crippen LogP contribution in [0, 0.1) is 0 Å². The molecule has 0 fully saturated rings. The van der Waals surface area contributed by atoms with Gasteiger partial charge in [0.25, 0.3) is 20.0 Å². The second-order valence-corrected chi connectivity index (χ2v) is 13.0. The molecule has 0 atom stereocenters. The Balaban J connectivity index is 0.000000182. The quantitative estimate of drug-likeness (QED) is 0.284. The van der Waals surface area contributed by atoms with Crippen LogP contribution in [0.15, 0.2) is 113 Å². The Morgan fingerprint density at radius 3 is 1.57 bits per heavy atom. The molecule has 4 aromatic carbocycles. The number of sulfonamides is 2. The minimum absolute atomic E-state index is 0. The molecule has 0 N–H and O–H groups in total. The van der Waals surface area contributed by atoms with Gasteiger partial charge in [-0.1, -0.05) is 62.0 Å². The van der Waals surface area contributed by atoms with Crippen LogP contribution in [0.4, 0.5) is 11.4 Å². The number of carbonyl (C=O) groups is 1. The fourth-order valence-corrected chi connectivity index (χ4v) is 7.89. The molecular weight excluding hydrogens is 544 g/mol. The van der Waals surface area contributed by atoms with E-state index in [4.69, 9.17) is 0 Å². The molecule has 0 amide bonds. The Morgan fingerprint density at radius 2 is 1.05 bits per heavy atom. The molecule has 9 heteroatoms. The first-order valence-corrected chi connectivity index (χ1v) is 15.4. The van der Waals surface area contributed by atoms with Crippen molar-refractivity contribution < 1.29 is 21.6 Å². The number of benzene rings is 4. The normalized spacial score (nSPS) is 13.9. The molecule has 4 aromatic rings. The predicted molar refractivity (Wildman–Crippen MR) is 159 cm³/mol. The van der Waals surface area contributed by atoms with Gasteiger partial charge in [-0.25, -0.2) is 16.8 Å². The van der Waals surface area contributed by atoms with Crippen LogP contribution in [0.1, 0.15) is 35.8 Å². The van der Waals surface area contributed by atoms with E-state index < -0.39 is 20.0 Å². The van der Waals surface area contributed by atoms with E-state index in [0.717, 1.165) is 23.2 Å². The van der Waals surface area contributed by atoms with Crippen molar-refractivity contribution in [2.75, 3.05) is 21.7 Å². The second-order valence-electron chi connectivity index (χ2n) is 9.31. The summed E-state index contributed by atoms with van der Waals surface area (Å²) in [6, 6.07) is 29.8. The van der Waals surface area contributed by atoms with Crippen molar-refractivity contribution in [2.24, 2.45) is 0 Å². The molecule has 2 aliphatic heterocycles. The van der Waals surface area contributed by atoms with E-state index in [0.29, 0.717) is 35.7 Å². The molecule has 0 aromatic heterocycles. The van der Waals surface area contributed by atoms with Crippen LogP contribution in [-0.2, 0) is 32.9 Å². The summed E-state index contributed by atoms with van der Waals surface area (Å²) in [6.07, 6.45) is 1.41. The number of fused-ring (bicyclic) bond motifs is 2. The first-order valence-electron chi connectivity index (χ1n) is 12.6. The van der Waals surface area contributed by atoms with E-state index in [1.165, 1.54) is 15.5 Å². The lowest BCUT2D eigenvalue weighted by molar-refractivity contribution is 0.101. The third kappa shape index (κ3) is 5.52. The lowest BCUT2D eigenvalue weighted by atomic mass is 10.1. The van der Waals surface area contributed by atoms with E-state index in [1.54, 1.807) is 72.8 Å². The first kappa shape index (κ1) is 29.0. The van der Waals surface area contributed by atoms with Gasteiger partial charge in [-0.05, 0) is 79.4 Å². The highest BCUT2D eigenvalue weighted by molar-refractivity contribution is 7.93. The molecule has 0 bridgehead atoms. The summed E-state index contributed by atoms with van der Waals surface area (Å²) in [5.74, 6) is -0.0119. The standard InChI is InChI=1S/C16H15NO3S.C14H13NO2S.CH4/c1-12(18)13-7-8-16-14(11-13)9-10-17(16)21(19,20)15-5-3-2-4-6-15;16-18(17,13-7-2-1-3-8-13)15-11-10-12-6-4-5-9-14(12)15;/h2-8,11H,9-10H2,1H3;1-9H,10-11H2;1H4. The molecule has 0 saturated heterocycles. The van der Waals surface area contributed by atoms with Gasteiger partial charge in [0.1, 0.15) is 0 Å². The smallest absolute Gasteiger partial charge is 0.264 e. The molecule has 0 aliphatic carbocycles. The first-order chi connectivity index (χ1) is 18.7. The van der Waals surface area contributed by atoms with Crippen molar-refractivity contribution in [2.45, 2.75) is 37.0 Å². The number of para-hydroxylation sites is 1. The Bertz CT molecular complexity index is 1720. The average molecular weight is 577 g/mol. The third-order valence-corrected chi connectivity index (χ3v) is 10.5. The number of hydrogen-bond donors (Lipinski definition) is 0. The fourth-order valence-electron chi connectivity index (χ4n) is 4.84. The maximum atomic E-state index is 12.7. The Morgan fingerprint density at radius 1 is 0.600 bits per heavy atom. The zero-order chi connectivity index (χ0) is 27.6. The van der Waals surface area contributed by atoms with Crippen LogP contribution in [-0.4, -0.2) is 35.7 Å². The minimum Gasteiger partial charge on any atom is -0.295 e. The maximum Gasteiger partial charge on any atom is 0.264 e. The number of carbonyl (C=O) groups excluding carboxylic acids is 1. The highest BCUT2D eigenvalue weighted by Gasteiger charge is 2.31. The number of Topliss-reactive ketones (excluding diaryl/α,β-unsaturated/α-hetero) is 1. The van der Waals surface area contributed by atoms with Gasteiger partial charge in [0.2, 0.25) is 0 Å². The van der Waals surface area contributed by atoms with Crippen molar-refractivity contribution in [1.82, 2.24) is 0 Å². The second kappa shape index (κ2) is 11.7. The minimum atomic E-state index is -3.54. The predicted octanol–water partition coefficient (Wildman–Crippen LogP) is 5.71. The number of anilines is 2. The van der Waals surface area contributed by atoms with Crippen molar-refractivity contribution in [3.05, 3.63) is 120 Å². The highest BCUT2D eigenvalue weighted by atomic mass is 32.2. The SMILES string of the molecule is C.CC(=O)c1ccc2c(c1)CCN2S(=O)(=O)c1ccccc1.O=S(=O)(c1ccccc1)N1CCc2ccccc21. The summed E-state index contributed by atoms with van der Waals surface area (Å²) >= 11 is 0. The van der Waals surface area contributed by atoms with Gasteiger partial charge in [-0.2, -0.15) is 0 Å². The molecule has 0 spiro atoms. The molecule has 0 radical (unpaired) electrons. The van der Waals surface area contributed by atoms with Crippen LogP contribution in [0.2, 0.25) is 0 Å².